The lowest BCUT2D eigenvalue weighted by atomic mass is 10.0. The standard InChI is InChI=1S/C14H16O5/c1-4-18-14(16)12(15)9-5-6-11(17-3)13-10(9)7-8(2)19-13/h5-7,12,15H,4H2,1-3H3. The fourth-order valence-corrected chi connectivity index (χ4v) is 1.99. The zero-order chi connectivity index (χ0) is 14.0. The monoisotopic (exact) mass is 264 g/mol. The van der Waals surface area contributed by atoms with E-state index in [-0.39, 0.29) is 6.61 Å². The second kappa shape index (κ2) is 5.32. The highest BCUT2D eigenvalue weighted by molar-refractivity contribution is 5.91. The lowest BCUT2D eigenvalue weighted by Gasteiger charge is -2.11. The van der Waals surface area contributed by atoms with Crippen LogP contribution in [0, 0.1) is 6.92 Å². The quantitative estimate of drug-likeness (QED) is 0.858. The van der Waals surface area contributed by atoms with Crippen LogP contribution in [0.2, 0.25) is 0 Å². The van der Waals surface area contributed by atoms with Crippen LogP contribution in [-0.2, 0) is 9.53 Å². The molecule has 0 saturated carbocycles. The topological polar surface area (TPSA) is 68.9 Å². The molecule has 1 aromatic carbocycles. The van der Waals surface area contributed by atoms with Crippen molar-refractivity contribution < 1.29 is 23.8 Å². The maximum absolute atomic E-state index is 11.6. The molecule has 0 aliphatic rings. The van der Waals surface area contributed by atoms with Gasteiger partial charge in [-0.1, -0.05) is 6.07 Å². The van der Waals surface area contributed by atoms with Gasteiger partial charge in [-0.25, -0.2) is 4.79 Å². The maximum atomic E-state index is 11.6. The summed E-state index contributed by atoms with van der Waals surface area (Å²) in [5, 5.41) is 10.7. The Labute approximate surface area is 110 Å². The minimum absolute atomic E-state index is 0.222. The van der Waals surface area contributed by atoms with E-state index < -0.39 is 12.1 Å². The van der Waals surface area contributed by atoms with Gasteiger partial charge in [0, 0.05) is 10.9 Å². The summed E-state index contributed by atoms with van der Waals surface area (Å²) in [4.78, 5) is 11.6. The van der Waals surface area contributed by atoms with Crippen LogP contribution in [0.15, 0.2) is 22.6 Å². The SMILES string of the molecule is CCOC(=O)C(O)c1ccc(OC)c2oc(C)cc12. The van der Waals surface area contributed by atoms with Crippen molar-refractivity contribution >= 4 is 16.9 Å². The third-order valence-electron chi connectivity index (χ3n) is 2.83. The van der Waals surface area contributed by atoms with Crippen LogP contribution in [0.4, 0.5) is 0 Å². The van der Waals surface area contributed by atoms with Crippen molar-refractivity contribution in [2.75, 3.05) is 13.7 Å². The van der Waals surface area contributed by atoms with E-state index in [2.05, 4.69) is 0 Å². The molecule has 0 saturated heterocycles. The Hall–Kier alpha value is -2.01. The van der Waals surface area contributed by atoms with Crippen molar-refractivity contribution in [2.45, 2.75) is 20.0 Å². The Kier molecular flexibility index (Phi) is 3.76. The molecule has 19 heavy (non-hydrogen) atoms. The average Bonchev–Trinajstić information content (AvgIpc) is 2.78. The highest BCUT2D eigenvalue weighted by Crippen LogP contribution is 2.34. The summed E-state index contributed by atoms with van der Waals surface area (Å²) in [6, 6.07) is 5.05. The summed E-state index contributed by atoms with van der Waals surface area (Å²) in [5.74, 6) is 0.563. The van der Waals surface area contributed by atoms with E-state index in [4.69, 9.17) is 13.9 Å². The van der Waals surface area contributed by atoms with E-state index >= 15 is 0 Å². The number of hydrogen-bond acceptors (Lipinski definition) is 5. The molecule has 0 aliphatic carbocycles. The molecule has 0 radical (unpaired) electrons. The Morgan fingerprint density at radius 1 is 1.47 bits per heavy atom. The van der Waals surface area contributed by atoms with E-state index in [0.29, 0.717) is 28.0 Å². The van der Waals surface area contributed by atoms with Gasteiger partial charge >= 0.3 is 5.97 Å². The van der Waals surface area contributed by atoms with Gasteiger partial charge in [-0.3, -0.25) is 0 Å². The van der Waals surface area contributed by atoms with Gasteiger partial charge in [0.05, 0.1) is 13.7 Å². The third kappa shape index (κ3) is 2.42. The number of aliphatic hydroxyl groups excluding tert-OH is 1. The minimum Gasteiger partial charge on any atom is -0.493 e. The number of hydrogen-bond donors (Lipinski definition) is 1. The minimum atomic E-state index is -1.33. The molecule has 5 nitrogen and oxygen atoms in total. The molecule has 0 spiro atoms. The van der Waals surface area contributed by atoms with E-state index in [0.717, 1.165) is 0 Å². The second-order valence-electron chi connectivity index (χ2n) is 4.11. The number of methoxy groups -OCH3 is 1. The number of benzene rings is 1. The van der Waals surface area contributed by atoms with E-state index in [1.807, 2.05) is 0 Å². The number of aliphatic hydroxyl groups is 1. The van der Waals surface area contributed by atoms with Crippen LogP contribution in [0.5, 0.6) is 5.75 Å². The summed E-state index contributed by atoms with van der Waals surface area (Å²) in [6.45, 7) is 3.70. The van der Waals surface area contributed by atoms with Crippen molar-refractivity contribution in [2.24, 2.45) is 0 Å². The predicted octanol–water partition coefficient (Wildman–Crippen LogP) is 2.35. The first-order valence-corrected chi connectivity index (χ1v) is 6.00. The van der Waals surface area contributed by atoms with Gasteiger partial charge in [-0.2, -0.15) is 0 Å². The number of rotatable bonds is 4. The Morgan fingerprint density at radius 2 is 2.21 bits per heavy atom. The van der Waals surface area contributed by atoms with Gasteiger partial charge in [-0.05, 0) is 26.0 Å². The van der Waals surface area contributed by atoms with Gasteiger partial charge in [0.2, 0.25) is 0 Å². The van der Waals surface area contributed by atoms with Crippen molar-refractivity contribution in [1.29, 1.82) is 0 Å². The zero-order valence-corrected chi connectivity index (χ0v) is 11.1. The third-order valence-corrected chi connectivity index (χ3v) is 2.83. The average molecular weight is 264 g/mol. The highest BCUT2D eigenvalue weighted by Gasteiger charge is 2.23. The van der Waals surface area contributed by atoms with E-state index in [1.165, 1.54) is 7.11 Å². The van der Waals surface area contributed by atoms with Gasteiger partial charge in [0.1, 0.15) is 5.76 Å². The lowest BCUT2D eigenvalue weighted by Crippen LogP contribution is -2.15. The van der Waals surface area contributed by atoms with Crippen LogP contribution in [0.3, 0.4) is 0 Å². The fourth-order valence-electron chi connectivity index (χ4n) is 1.99. The van der Waals surface area contributed by atoms with Crippen molar-refractivity contribution in [3.05, 3.63) is 29.5 Å². The molecule has 102 valence electrons. The Morgan fingerprint density at radius 3 is 2.84 bits per heavy atom. The molecule has 1 heterocycles. The van der Waals surface area contributed by atoms with Crippen LogP contribution in [0.1, 0.15) is 24.4 Å². The van der Waals surface area contributed by atoms with Gasteiger partial charge in [-0.15, -0.1) is 0 Å². The highest BCUT2D eigenvalue weighted by atomic mass is 16.5. The molecule has 1 unspecified atom stereocenters. The number of esters is 1. The summed E-state index contributed by atoms with van der Waals surface area (Å²) >= 11 is 0. The molecular weight excluding hydrogens is 248 g/mol. The summed E-state index contributed by atoms with van der Waals surface area (Å²) < 4.78 is 15.5. The van der Waals surface area contributed by atoms with Crippen LogP contribution >= 0.6 is 0 Å². The van der Waals surface area contributed by atoms with Gasteiger partial charge < -0.3 is 19.0 Å². The van der Waals surface area contributed by atoms with Crippen LogP contribution < -0.4 is 4.74 Å². The molecule has 5 heteroatoms. The largest absolute Gasteiger partial charge is 0.493 e. The molecule has 1 atom stereocenters. The molecule has 0 amide bonds. The van der Waals surface area contributed by atoms with Gasteiger partial charge in [0.15, 0.2) is 17.4 Å². The van der Waals surface area contributed by atoms with Crippen molar-refractivity contribution in [3.63, 3.8) is 0 Å². The molecule has 2 aromatic rings. The number of fused-ring (bicyclic) bond motifs is 1. The molecule has 1 N–H and O–H groups in total. The number of carbonyl (C=O) groups excluding carboxylic acids is 1. The number of furan rings is 1. The number of ether oxygens (including phenoxy) is 2. The number of aryl methyl sites for hydroxylation is 1. The maximum Gasteiger partial charge on any atom is 0.339 e. The molecule has 0 aliphatic heterocycles. The van der Waals surface area contributed by atoms with Crippen molar-refractivity contribution in [1.82, 2.24) is 0 Å². The van der Waals surface area contributed by atoms with Gasteiger partial charge in [0.25, 0.3) is 0 Å². The predicted molar refractivity (Wildman–Crippen MR) is 69.1 cm³/mol. The summed E-state index contributed by atoms with van der Waals surface area (Å²) in [5.41, 5.74) is 0.965. The Bertz CT molecular complexity index is 599. The van der Waals surface area contributed by atoms with E-state index in [9.17, 15) is 9.90 Å². The fraction of sp³-hybridized carbons (Fsp3) is 0.357. The van der Waals surface area contributed by atoms with Crippen molar-refractivity contribution in [3.8, 4) is 5.75 Å². The number of carbonyl (C=O) groups is 1. The molecule has 0 bridgehead atoms. The smallest absolute Gasteiger partial charge is 0.339 e. The normalized spacial score (nSPS) is 12.4. The first-order valence-electron chi connectivity index (χ1n) is 6.00. The summed E-state index contributed by atoms with van der Waals surface area (Å²) in [7, 11) is 1.54. The lowest BCUT2D eigenvalue weighted by molar-refractivity contribution is -0.153. The zero-order valence-electron chi connectivity index (χ0n) is 11.1. The van der Waals surface area contributed by atoms with Crippen LogP contribution in [0.25, 0.3) is 11.0 Å². The molecule has 1 aromatic heterocycles. The molecule has 2 rings (SSSR count). The van der Waals surface area contributed by atoms with Crippen LogP contribution in [-0.4, -0.2) is 24.8 Å². The molecular formula is C14H16O5. The summed E-state index contributed by atoms with van der Waals surface area (Å²) in [6.07, 6.45) is -1.33. The Balaban J connectivity index is 2.52. The first kappa shape index (κ1) is 13.4. The van der Waals surface area contributed by atoms with E-state index in [1.54, 1.807) is 32.0 Å². The second-order valence-corrected chi connectivity index (χ2v) is 4.11. The first-order chi connectivity index (χ1) is 9.08. The molecule has 0 fully saturated rings.